The standard InChI is InChI=1S/C7H6BrF2IN2/c8-6-5(11)3(2-12)1-4(13-6)7(9)10/h1,7H,2,12H2. The lowest BCUT2D eigenvalue weighted by molar-refractivity contribution is 0.145. The number of pyridine rings is 1. The van der Waals surface area contributed by atoms with Gasteiger partial charge in [0.15, 0.2) is 0 Å². The van der Waals surface area contributed by atoms with Gasteiger partial charge in [0.2, 0.25) is 0 Å². The van der Waals surface area contributed by atoms with Crippen LogP contribution in [0.4, 0.5) is 8.78 Å². The summed E-state index contributed by atoms with van der Waals surface area (Å²) in [6, 6.07) is 1.33. The van der Waals surface area contributed by atoms with Crippen molar-refractivity contribution in [2.75, 3.05) is 0 Å². The number of aromatic nitrogens is 1. The molecule has 2 nitrogen and oxygen atoms in total. The van der Waals surface area contributed by atoms with Crippen LogP contribution < -0.4 is 5.73 Å². The highest BCUT2D eigenvalue weighted by Crippen LogP contribution is 2.26. The molecule has 0 aliphatic rings. The van der Waals surface area contributed by atoms with E-state index >= 15 is 0 Å². The number of halogens is 4. The summed E-state index contributed by atoms with van der Waals surface area (Å²) in [4.78, 5) is 3.68. The molecule has 1 aromatic rings. The van der Waals surface area contributed by atoms with Crippen LogP contribution in [0.2, 0.25) is 0 Å². The van der Waals surface area contributed by atoms with E-state index < -0.39 is 6.43 Å². The molecule has 0 saturated carbocycles. The molecule has 13 heavy (non-hydrogen) atoms. The summed E-state index contributed by atoms with van der Waals surface area (Å²) < 4.78 is 25.7. The first-order valence-corrected chi connectivity index (χ1v) is 5.26. The number of nitrogens with two attached hydrogens (primary N) is 1. The van der Waals surface area contributed by atoms with Gasteiger partial charge in [-0.15, -0.1) is 0 Å². The van der Waals surface area contributed by atoms with Gasteiger partial charge < -0.3 is 5.73 Å². The third-order valence-electron chi connectivity index (χ3n) is 1.46. The molecule has 0 aliphatic heterocycles. The number of hydrogen-bond acceptors (Lipinski definition) is 2. The van der Waals surface area contributed by atoms with Gasteiger partial charge in [-0.25, -0.2) is 13.8 Å². The Hall–Kier alpha value is 0.180. The van der Waals surface area contributed by atoms with Crippen LogP contribution in [0, 0.1) is 3.57 Å². The van der Waals surface area contributed by atoms with Crippen molar-refractivity contribution in [1.82, 2.24) is 4.98 Å². The third-order valence-corrected chi connectivity index (χ3v) is 3.97. The van der Waals surface area contributed by atoms with Crippen molar-refractivity contribution < 1.29 is 8.78 Å². The molecule has 72 valence electrons. The maximum Gasteiger partial charge on any atom is 0.280 e. The summed E-state index contributed by atoms with van der Waals surface area (Å²) in [5, 5.41) is 0. The summed E-state index contributed by atoms with van der Waals surface area (Å²) in [7, 11) is 0. The van der Waals surface area contributed by atoms with Gasteiger partial charge in [-0.3, -0.25) is 0 Å². The molecule has 1 aromatic heterocycles. The van der Waals surface area contributed by atoms with Crippen LogP contribution in [0.15, 0.2) is 10.7 Å². The lowest BCUT2D eigenvalue weighted by Gasteiger charge is -2.06. The first kappa shape index (κ1) is 11.3. The van der Waals surface area contributed by atoms with Crippen molar-refractivity contribution in [3.63, 3.8) is 0 Å². The van der Waals surface area contributed by atoms with E-state index in [1.807, 2.05) is 22.6 Å². The topological polar surface area (TPSA) is 38.9 Å². The van der Waals surface area contributed by atoms with E-state index in [1.165, 1.54) is 6.07 Å². The van der Waals surface area contributed by atoms with E-state index in [2.05, 4.69) is 20.9 Å². The lowest BCUT2D eigenvalue weighted by Crippen LogP contribution is -2.03. The maximum atomic E-state index is 12.3. The zero-order valence-electron chi connectivity index (χ0n) is 6.40. The fourth-order valence-electron chi connectivity index (χ4n) is 0.829. The molecule has 0 spiro atoms. The van der Waals surface area contributed by atoms with Crippen molar-refractivity contribution in [3.05, 3.63) is 25.5 Å². The first-order valence-electron chi connectivity index (χ1n) is 3.39. The van der Waals surface area contributed by atoms with Crippen LogP contribution in [-0.4, -0.2) is 4.98 Å². The fourth-order valence-corrected chi connectivity index (χ4v) is 1.79. The third kappa shape index (κ3) is 2.57. The summed E-state index contributed by atoms with van der Waals surface area (Å²) in [5.41, 5.74) is 5.83. The highest BCUT2D eigenvalue weighted by Gasteiger charge is 2.13. The van der Waals surface area contributed by atoms with Gasteiger partial charge in [-0.1, -0.05) is 0 Å². The Labute approximate surface area is 96.2 Å². The van der Waals surface area contributed by atoms with Crippen LogP contribution in [0.1, 0.15) is 17.7 Å². The van der Waals surface area contributed by atoms with Gasteiger partial charge >= 0.3 is 0 Å². The Morgan fingerprint density at radius 3 is 2.69 bits per heavy atom. The quantitative estimate of drug-likeness (QED) is 0.649. The second-order valence-electron chi connectivity index (χ2n) is 2.32. The predicted molar refractivity (Wildman–Crippen MR) is 57.5 cm³/mol. The zero-order chi connectivity index (χ0) is 10.0. The van der Waals surface area contributed by atoms with E-state index in [-0.39, 0.29) is 12.2 Å². The molecule has 0 radical (unpaired) electrons. The average molecular weight is 363 g/mol. The number of hydrogen-bond donors (Lipinski definition) is 1. The van der Waals surface area contributed by atoms with Crippen LogP contribution >= 0.6 is 38.5 Å². The van der Waals surface area contributed by atoms with Crippen molar-refractivity contribution in [3.8, 4) is 0 Å². The second kappa shape index (κ2) is 4.61. The molecule has 0 unspecified atom stereocenters. The van der Waals surface area contributed by atoms with Crippen LogP contribution in [0.5, 0.6) is 0 Å². The van der Waals surface area contributed by atoms with Gasteiger partial charge in [0.1, 0.15) is 10.3 Å². The molecule has 0 saturated heterocycles. The predicted octanol–water partition coefficient (Wildman–Crippen LogP) is 2.85. The van der Waals surface area contributed by atoms with Crippen molar-refractivity contribution in [2.45, 2.75) is 13.0 Å². The van der Waals surface area contributed by atoms with Gasteiger partial charge in [0.25, 0.3) is 6.43 Å². The van der Waals surface area contributed by atoms with Crippen LogP contribution in [0.25, 0.3) is 0 Å². The molecule has 0 aromatic carbocycles. The van der Waals surface area contributed by atoms with Crippen molar-refractivity contribution in [2.24, 2.45) is 5.73 Å². The second-order valence-corrected chi connectivity index (χ2v) is 4.15. The van der Waals surface area contributed by atoms with Crippen molar-refractivity contribution in [1.29, 1.82) is 0 Å². The summed E-state index contributed by atoms with van der Waals surface area (Å²) in [6.45, 7) is 0.235. The van der Waals surface area contributed by atoms with E-state index in [0.29, 0.717) is 10.2 Å². The smallest absolute Gasteiger partial charge is 0.280 e. The molecule has 1 heterocycles. The van der Waals surface area contributed by atoms with Crippen LogP contribution in [-0.2, 0) is 6.54 Å². The van der Waals surface area contributed by atoms with E-state index in [4.69, 9.17) is 5.73 Å². The zero-order valence-corrected chi connectivity index (χ0v) is 10.1. The van der Waals surface area contributed by atoms with Gasteiger partial charge in [0, 0.05) is 6.54 Å². The Balaban J connectivity index is 3.22. The lowest BCUT2D eigenvalue weighted by atomic mass is 10.2. The van der Waals surface area contributed by atoms with E-state index in [9.17, 15) is 8.78 Å². The Bertz CT molecular complexity index is 320. The van der Waals surface area contributed by atoms with Crippen molar-refractivity contribution >= 4 is 38.5 Å². The monoisotopic (exact) mass is 362 g/mol. The Kier molecular flexibility index (Phi) is 3.99. The van der Waals surface area contributed by atoms with Crippen LogP contribution in [0.3, 0.4) is 0 Å². The fraction of sp³-hybridized carbons (Fsp3) is 0.286. The Morgan fingerprint density at radius 2 is 2.23 bits per heavy atom. The highest BCUT2D eigenvalue weighted by atomic mass is 127. The normalized spacial score (nSPS) is 10.9. The minimum Gasteiger partial charge on any atom is -0.326 e. The highest BCUT2D eigenvalue weighted by molar-refractivity contribution is 14.1. The first-order chi connectivity index (χ1) is 6.06. The van der Waals surface area contributed by atoms with Gasteiger partial charge in [-0.2, -0.15) is 0 Å². The summed E-state index contributed by atoms with van der Waals surface area (Å²) >= 11 is 5.11. The van der Waals surface area contributed by atoms with E-state index in [1.54, 1.807) is 0 Å². The largest absolute Gasteiger partial charge is 0.326 e. The number of nitrogens with zero attached hydrogens (tertiary/aromatic N) is 1. The molecule has 0 bridgehead atoms. The summed E-state index contributed by atoms with van der Waals surface area (Å²) in [5.74, 6) is 0. The minimum atomic E-state index is -2.56. The molecule has 0 fully saturated rings. The molecular formula is C7H6BrF2IN2. The number of alkyl halides is 2. The molecule has 1 rings (SSSR count). The summed E-state index contributed by atoms with van der Waals surface area (Å²) in [6.07, 6.45) is -2.56. The molecule has 0 atom stereocenters. The molecule has 2 N–H and O–H groups in total. The van der Waals surface area contributed by atoms with E-state index in [0.717, 1.165) is 3.57 Å². The minimum absolute atomic E-state index is 0.235. The SMILES string of the molecule is NCc1cc(C(F)F)nc(Br)c1I. The number of rotatable bonds is 2. The molecular weight excluding hydrogens is 357 g/mol. The maximum absolute atomic E-state index is 12.3. The molecule has 0 amide bonds. The van der Waals surface area contributed by atoms with Gasteiger partial charge in [-0.05, 0) is 50.2 Å². The van der Waals surface area contributed by atoms with Gasteiger partial charge in [0.05, 0.1) is 3.57 Å². The Morgan fingerprint density at radius 1 is 1.62 bits per heavy atom. The molecule has 0 aliphatic carbocycles. The molecule has 6 heteroatoms. The average Bonchev–Trinajstić information content (AvgIpc) is 2.09.